The molecule has 2 rings (SSSR count). The Labute approximate surface area is 122 Å². The van der Waals surface area contributed by atoms with Crippen LogP contribution in [0.1, 0.15) is 30.4 Å². The molecular weight excluding hydrogens is 279 g/mol. The average Bonchev–Trinajstić information content (AvgIpc) is 2.45. The van der Waals surface area contributed by atoms with Crippen molar-refractivity contribution in [2.24, 2.45) is 5.92 Å². The summed E-state index contributed by atoms with van der Waals surface area (Å²) in [5.41, 5.74) is 2.48. The van der Waals surface area contributed by atoms with E-state index in [2.05, 4.69) is 24.3 Å². The van der Waals surface area contributed by atoms with E-state index in [1.807, 2.05) is 6.92 Å². The largest absolute Gasteiger partial charge is 0.471 e. The van der Waals surface area contributed by atoms with Crippen LogP contribution in [0.3, 0.4) is 0 Å². The van der Waals surface area contributed by atoms with Crippen LogP contribution < -0.4 is 0 Å². The summed E-state index contributed by atoms with van der Waals surface area (Å²) in [4.78, 5) is 12.1. The molecule has 0 saturated carbocycles. The van der Waals surface area contributed by atoms with E-state index in [1.54, 1.807) is 0 Å². The fraction of sp³-hybridized carbons (Fsp3) is 0.562. The molecule has 0 bridgehead atoms. The zero-order valence-electron chi connectivity index (χ0n) is 12.1. The fourth-order valence-electron chi connectivity index (χ4n) is 2.73. The molecule has 0 atom stereocenters. The minimum Gasteiger partial charge on any atom is -0.335 e. The van der Waals surface area contributed by atoms with Crippen molar-refractivity contribution < 1.29 is 18.0 Å². The Morgan fingerprint density at radius 2 is 1.76 bits per heavy atom. The van der Waals surface area contributed by atoms with E-state index in [0.717, 1.165) is 17.7 Å². The number of piperidine rings is 1. The predicted octanol–water partition coefficient (Wildman–Crippen LogP) is 3.73. The number of carbonyl (C=O) groups is 1. The van der Waals surface area contributed by atoms with Crippen LogP contribution in [-0.4, -0.2) is 30.1 Å². The molecule has 1 aromatic carbocycles. The Morgan fingerprint density at radius 3 is 2.29 bits per heavy atom. The minimum atomic E-state index is -4.74. The van der Waals surface area contributed by atoms with Crippen LogP contribution >= 0.6 is 0 Å². The highest BCUT2D eigenvalue weighted by Crippen LogP contribution is 2.26. The molecule has 1 fully saturated rings. The summed E-state index contributed by atoms with van der Waals surface area (Å²) in [5, 5.41) is 0. The second kappa shape index (κ2) is 6.50. The first-order chi connectivity index (χ1) is 9.86. The van der Waals surface area contributed by atoms with Crippen molar-refractivity contribution in [2.45, 2.75) is 38.8 Å². The third-order valence-corrected chi connectivity index (χ3v) is 4.11. The van der Waals surface area contributed by atoms with Gasteiger partial charge in [-0.25, -0.2) is 0 Å². The number of carbonyl (C=O) groups excluding carboxylic acids is 1. The highest BCUT2D eigenvalue weighted by atomic mass is 19.4. The van der Waals surface area contributed by atoms with Crippen molar-refractivity contribution in [3.8, 4) is 0 Å². The van der Waals surface area contributed by atoms with Crippen LogP contribution in [0.25, 0.3) is 0 Å². The Balaban J connectivity index is 1.77. The number of nitrogens with zero attached hydrogens (tertiary/aromatic N) is 1. The summed E-state index contributed by atoms with van der Waals surface area (Å²) in [5.74, 6) is -1.29. The molecule has 0 aliphatic carbocycles. The second-order valence-corrected chi connectivity index (χ2v) is 5.76. The SMILES string of the molecule is Cc1ccc(CCC2CCN(C(=O)C(F)(F)F)CC2)cc1. The Morgan fingerprint density at radius 1 is 1.19 bits per heavy atom. The lowest BCUT2D eigenvalue weighted by Crippen LogP contribution is -2.45. The Hall–Kier alpha value is -1.52. The van der Waals surface area contributed by atoms with Gasteiger partial charge in [0.05, 0.1) is 0 Å². The van der Waals surface area contributed by atoms with Gasteiger partial charge in [-0.05, 0) is 44.1 Å². The second-order valence-electron chi connectivity index (χ2n) is 5.76. The first-order valence-electron chi connectivity index (χ1n) is 7.28. The van der Waals surface area contributed by atoms with Crippen molar-refractivity contribution in [1.82, 2.24) is 4.90 Å². The van der Waals surface area contributed by atoms with Crippen LogP contribution in [0.15, 0.2) is 24.3 Å². The van der Waals surface area contributed by atoms with E-state index in [4.69, 9.17) is 0 Å². The number of hydrogen-bond donors (Lipinski definition) is 0. The summed E-state index contributed by atoms with van der Waals surface area (Å²) in [6, 6.07) is 8.33. The van der Waals surface area contributed by atoms with Crippen molar-refractivity contribution in [3.05, 3.63) is 35.4 Å². The minimum absolute atomic E-state index is 0.219. The van der Waals surface area contributed by atoms with Crippen LogP contribution in [0.5, 0.6) is 0 Å². The molecule has 1 heterocycles. The third-order valence-electron chi connectivity index (χ3n) is 4.11. The molecule has 2 nitrogen and oxygen atoms in total. The summed E-state index contributed by atoms with van der Waals surface area (Å²) in [6.45, 7) is 2.48. The topological polar surface area (TPSA) is 20.3 Å². The first kappa shape index (κ1) is 15.9. The molecule has 5 heteroatoms. The van der Waals surface area contributed by atoms with Crippen LogP contribution in [0.4, 0.5) is 13.2 Å². The van der Waals surface area contributed by atoms with Gasteiger partial charge in [0, 0.05) is 13.1 Å². The van der Waals surface area contributed by atoms with Crippen LogP contribution in [0.2, 0.25) is 0 Å². The molecule has 1 saturated heterocycles. The molecule has 1 aromatic rings. The molecular formula is C16H20F3NO. The van der Waals surface area contributed by atoms with Crippen molar-refractivity contribution in [1.29, 1.82) is 0 Å². The van der Waals surface area contributed by atoms with Gasteiger partial charge in [0.1, 0.15) is 0 Å². The Bertz CT molecular complexity index is 473. The average molecular weight is 299 g/mol. The van der Waals surface area contributed by atoms with Crippen molar-refractivity contribution >= 4 is 5.91 Å². The molecule has 21 heavy (non-hydrogen) atoms. The van der Waals surface area contributed by atoms with E-state index in [-0.39, 0.29) is 13.1 Å². The van der Waals surface area contributed by atoms with Gasteiger partial charge >= 0.3 is 12.1 Å². The van der Waals surface area contributed by atoms with E-state index in [0.29, 0.717) is 18.8 Å². The number of halogens is 3. The van der Waals surface area contributed by atoms with E-state index in [9.17, 15) is 18.0 Å². The first-order valence-corrected chi connectivity index (χ1v) is 7.28. The highest BCUT2D eigenvalue weighted by molar-refractivity contribution is 5.81. The number of hydrogen-bond acceptors (Lipinski definition) is 1. The molecule has 0 N–H and O–H groups in total. The zero-order valence-corrected chi connectivity index (χ0v) is 12.1. The maximum atomic E-state index is 12.3. The number of alkyl halides is 3. The summed E-state index contributed by atoms with van der Waals surface area (Å²) < 4.78 is 37.0. The van der Waals surface area contributed by atoms with E-state index in [1.165, 1.54) is 11.1 Å². The molecule has 0 unspecified atom stereocenters. The molecule has 1 aliphatic rings. The maximum absolute atomic E-state index is 12.3. The number of aryl methyl sites for hydroxylation is 2. The van der Waals surface area contributed by atoms with E-state index >= 15 is 0 Å². The highest BCUT2D eigenvalue weighted by Gasteiger charge is 2.43. The molecule has 0 radical (unpaired) electrons. The van der Waals surface area contributed by atoms with Gasteiger partial charge in [0.25, 0.3) is 0 Å². The molecule has 116 valence electrons. The van der Waals surface area contributed by atoms with Crippen LogP contribution in [-0.2, 0) is 11.2 Å². The lowest BCUT2D eigenvalue weighted by atomic mass is 9.90. The fourth-order valence-corrected chi connectivity index (χ4v) is 2.73. The molecule has 1 aliphatic heterocycles. The standard InChI is InChI=1S/C16H20F3NO/c1-12-2-4-13(5-3-12)6-7-14-8-10-20(11-9-14)15(21)16(17,18)19/h2-5,14H,6-11H2,1H3. The molecule has 1 amide bonds. The number of benzene rings is 1. The molecule has 0 aromatic heterocycles. The van der Waals surface area contributed by atoms with Gasteiger partial charge in [-0.15, -0.1) is 0 Å². The monoisotopic (exact) mass is 299 g/mol. The lowest BCUT2D eigenvalue weighted by molar-refractivity contribution is -0.186. The van der Waals surface area contributed by atoms with Gasteiger partial charge < -0.3 is 4.90 Å². The zero-order chi connectivity index (χ0) is 15.5. The van der Waals surface area contributed by atoms with Crippen molar-refractivity contribution in [2.75, 3.05) is 13.1 Å². The quantitative estimate of drug-likeness (QED) is 0.833. The van der Waals surface area contributed by atoms with Gasteiger partial charge in [-0.2, -0.15) is 13.2 Å². The van der Waals surface area contributed by atoms with Crippen LogP contribution in [0, 0.1) is 12.8 Å². The van der Waals surface area contributed by atoms with Gasteiger partial charge in [-0.1, -0.05) is 29.8 Å². The third kappa shape index (κ3) is 4.48. The van der Waals surface area contributed by atoms with Gasteiger partial charge in [0.15, 0.2) is 0 Å². The predicted molar refractivity (Wildman–Crippen MR) is 74.9 cm³/mol. The lowest BCUT2D eigenvalue weighted by Gasteiger charge is -2.32. The Kier molecular flexibility index (Phi) is 4.91. The number of rotatable bonds is 3. The smallest absolute Gasteiger partial charge is 0.335 e. The summed E-state index contributed by atoms with van der Waals surface area (Å²) in [7, 11) is 0. The van der Waals surface area contributed by atoms with E-state index < -0.39 is 12.1 Å². The number of amides is 1. The molecule has 0 spiro atoms. The normalized spacial score (nSPS) is 17.0. The van der Waals surface area contributed by atoms with Gasteiger partial charge in [-0.3, -0.25) is 4.79 Å². The number of likely N-dealkylation sites (tertiary alicyclic amines) is 1. The summed E-state index contributed by atoms with van der Waals surface area (Å²) >= 11 is 0. The van der Waals surface area contributed by atoms with Crippen molar-refractivity contribution in [3.63, 3.8) is 0 Å². The summed E-state index contributed by atoms with van der Waals surface area (Å²) in [6.07, 6.45) is -1.51. The van der Waals surface area contributed by atoms with Gasteiger partial charge in [0.2, 0.25) is 0 Å². The maximum Gasteiger partial charge on any atom is 0.471 e.